The molecule has 0 bridgehead atoms. The summed E-state index contributed by atoms with van der Waals surface area (Å²) in [7, 11) is -1.53. The molecular formula is C16H32N2Si. The van der Waals surface area contributed by atoms with E-state index in [1.807, 2.05) is 0 Å². The highest BCUT2D eigenvalue weighted by molar-refractivity contribution is 6.77. The Morgan fingerprint density at radius 3 is 1.32 bits per heavy atom. The van der Waals surface area contributed by atoms with Gasteiger partial charge in [-0.05, 0) is 67.5 Å². The van der Waals surface area contributed by atoms with Crippen LogP contribution in [-0.2, 0) is 0 Å². The van der Waals surface area contributed by atoms with Gasteiger partial charge in [0.2, 0.25) is 8.40 Å². The van der Waals surface area contributed by atoms with Crippen LogP contribution in [0.15, 0.2) is 11.1 Å². The van der Waals surface area contributed by atoms with Gasteiger partial charge in [-0.15, -0.1) is 0 Å². The molecule has 110 valence electrons. The highest BCUT2D eigenvalue weighted by Gasteiger charge is 2.58. The van der Waals surface area contributed by atoms with Crippen molar-refractivity contribution in [2.45, 2.75) is 78.6 Å². The average molecular weight is 281 g/mol. The lowest BCUT2D eigenvalue weighted by molar-refractivity contribution is 0.251. The van der Waals surface area contributed by atoms with Crippen molar-refractivity contribution in [3.63, 3.8) is 0 Å². The smallest absolute Gasteiger partial charge is 0.215 e. The molecule has 2 aliphatic heterocycles. The second-order valence-electron chi connectivity index (χ2n) is 8.54. The van der Waals surface area contributed by atoms with Crippen molar-refractivity contribution in [2.75, 3.05) is 13.1 Å². The summed E-state index contributed by atoms with van der Waals surface area (Å²) in [5, 5.41) is 0. The molecule has 2 rings (SSSR count). The molecule has 2 nitrogen and oxygen atoms in total. The Hall–Kier alpha value is -0.123. The molecule has 19 heavy (non-hydrogen) atoms. The molecule has 0 unspecified atom stereocenters. The first-order valence-corrected chi connectivity index (χ1v) is 10.00. The summed E-state index contributed by atoms with van der Waals surface area (Å²) in [6.45, 7) is 21.6. The molecule has 0 amide bonds. The second kappa shape index (κ2) is 4.44. The van der Waals surface area contributed by atoms with Crippen LogP contribution in [-0.4, -0.2) is 41.7 Å². The van der Waals surface area contributed by atoms with Crippen LogP contribution in [0.4, 0.5) is 0 Å². The lowest BCUT2D eigenvalue weighted by atomic mass is 10.1. The quantitative estimate of drug-likeness (QED) is 0.489. The van der Waals surface area contributed by atoms with Crippen molar-refractivity contribution in [1.29, 1.82) is 0 Å². The summed E-state index contributed by atoms with van der Waals surface area (Å²) in [4.78, 5) is 0. The molecule has 0 saturated carbocycles. The van der Waals surface area contributed by atoms with E-state index in [-0.39, 0.29) is 0 Å². The van der Waals surface area contributed by atoms with Crippen LogP contribution in [0.1, 0.15) is 55.4 Å². The molecule has 2 aliphatic rings. The minimum absolute atomic E-state index is 0.303. The molecule has 0 aromatic rings. The van der Waals surface area contributed by atoms with Gasteiger partial charge >= 0.3 is 0 Å². The Morgan fingerprint density at radius 1 is 0.737 bits per heavy atom. The largest absolute Gasteiger partial charge is 0.305 e. The van der Waals surface area contributed by atoms with Crippen molar-refractivity contribution in [3.8, 4) is 0 Å². The predicted molar refractivity (Wildman–Crippen MR) is 86.7 cm³/mol. The van der Waals surface area contributed by atoms with E-state index in [1.165, 1.54) is 25.2 Å². The van der Waals surface area contributed by atoms with Gasteiger partial charge in [0.05, 0.1) is 0 Å². The molecule has 0 aromatic carbocycles. The first-order chi connectivity index (χ1) is 8.48. The average Bonchev–Trinajstić information content (AvgIpc) is 2.67. The lowest BCUT2D eigenvalue weighted by Gasteiger charge is -2.50. The molecule has 2 heterocycles. The molecule has 0 aliphatic carbocycles. The van der Waals surface area contributed by atoms with Gasteiger partial charge in [0.25, 0.3) is 0 Å². The van der Waals surface area contributed by atoms with Crippen molar-refractivity contribution >= 4 is 8.40 Å². The maximum absolute atomic E-state index is 2.89. The summed E-state index contributed by atoms with van der Waals surface area (Å²) < 4.78 is 5.79. The third-order valence-corrected chi connectivity index (χ3v) is 11.0. The van der Waals surface area contributed by atoms with Gasteiger partial charge < -0.3 is 9.13 Å². The first kappa shape index (κ1) is 15.3. The Kier molecular flexibility index (Phi) is 3.57. The Labute approximate surface area is 121 Å². The Morgan fingerprint density at radius 2 is 1.05 bits per heavy atom. The number of hydrogen-bond acceptors (Lipinski definition) is 2. The fourth-order valence-corrected chi connectivity index (χ4v) is 11.3. The third-order valence-electron chi connectivity index (χ3n) is 5.00. The normalized spacial score (nSPS) is 25.9. The second-order valence-corrected chi connectivity index (χ2v) is 12.3. The van der Waals surface area contributed by atoms with E-state index in [2.05, 4.69) is 64.5 Å². The van der Waals surface area contributed by atoms with Gasteiger partial charge in [0, 0.05) is 24.2 Å². The predicted octanol–water partition coefficient (Wildman–Crippen LogP) is 3.99. The van der Waals surface area contributed by atoms with Crippen LogP contribution in [0.2, 0.25) is 12.1 Å². The van der Waals surface area contributed by atoms with Crippen molar-refractivity contribution < 1.29 is 0 Å². The monoisotopic (exact) mass is 280 g/mol. The SMILES string of the molecule is CC1=C(C)C[Si]2(C1)N(C(C)(C)C)CCN2C(C)(C)C. The Bertz CT molecular complexity index is 360. The number of hydrogen-bond donors (Lipinski definition) is 0. The van der Waals surface area contributed by atoms with Crippen molar-refractivity contribution in [2.24, 2.45) is 0 Å². The van der Waals surface area contributed by atoms with Crippen LogP contribution in [0.25, 0.3) is 0 Å². The lowest BCUT2D eigenvalue weighted by Crippen LogP contribution is -2.66. The van der Waals surface area contributed by atoms with E-state index in [0.717, 1.165) is 0 Å². The van der Waals surface area contributed by atoms with Crippen LogP contribution in [0.3, 0.4) is 0 Å². The van der Waals surface area contributed by atoms with E-state index < -0.39 is 8.40 Å². The summed E-state index contributed by atoms with van der Waals surface area (Å²) in [6.07, 6.45) is 0. The highest BCUT2D eigenvalue weighted by Crippen LogP contribution is 2.47. The molecule has 1 spiro atoms. The van der Waals surface area contributed by atoms with Gasteiger partial charge in [-0.2, -0.15) is 0 Å². The van der Waals surface area contributed by atoms with Crippen molar-refractivity contribution in [3.05, 3.63) is 11.1 Å². The molecular weight excluding hydrogens is 248 g/mol. The van der Waals surface area contributed by atoms with Gasteiger partial charge in [0.15, 0.2) is 0 Å². The molecule has 0 radical (unpaired) electrons. The molecule has 0 aromatic heterocycles. The van der Waals surface area contributed by atoms with Crippen molar-refractivity contribution in [1.82, 2.24) is 9.13 Å². The zero-order valence-electron chi connectivity index (χ0n) is 14.2. The molecule has 0 N–H and O–H groups in total. The van der Waals surface area contributed by atoms with E-state index in [9.17, 15) is 0 Å². The highest BCUT2D eigenvalue weighted by atomic mass is 28.3. The summed E-state index contributed by atoms with van der Waals surface area (Å²) in [5.74, 6) is 0. The Balaban J connectivity index is 2.42. The van der Waals surface area contributed by atoms with E-state index in [1.54, 1.807) is 11.1 Å². The van der Waals surface area contributed by atoms with Crippen LogP contribution in [0, 0.1) is 0 Å². The number of rotatable bonds is 0. The summed E-state index contributed by atoms with van der Waals surface area (Å²) in [5.41, 5.74) is 3.93. The van der Waals surface area contributed by atoms with E-state index in [0.29, 0.717) is 11.1 Å². The van der Waals surface area contributed by atoms with Crippen LogP contribution in [0.5, 0.6) is 0 Å². The maximum atomic E-state index is 2.89. The minimum atomic E-state index is -1.53. The van der Waals surface area contributed by atoms with Gasteiger partial charge in [-0.25, -0.2) is 0 Å². The van der Waals surface area contributed by atoms with Gasteiger partial charge in [0.1, 0.15) is 0 Å². The van der Waals surface area contributed by atoms with Gasteiger partial charge in [-0.1, -0.05) is 11.1 Å². The fraction of sp³-hybridized carbons (Fsp3) is 0.875. The fourth-order valence-electron chi connectivity index (χ4n) is 4.28. The van der Waals surface area contributed by atoms with Crippen LogP contribution >= 0.6 is 0 Å². The molecule has 0 atom stereocenters. The zero-order valence-corrected chi connectivity index (χ0v) is 15.2. The summed E-state index contributed by atoms with van der Waals surface area (Å²) >= 11 is 0. The minimum Gasteiger partial charge on any atom is -0.305 e. The molecule has 1 saturated heterocycles. The topological polar surface area (TPSA) is 6.48 Å². The third kappa shape index (κ3) is 2.45. The maximum Gasteiger partial charge on any atom is 0.215 e. The molecule has 3 heteroatoms. The first-order valence-electron chi connectivity index (χ1n) is 7.69. The van der Waals surface area contributed by atoms with Gasteiger partial charge in [-0.3, -0.25) is 0 Å². The van der Waals surface area contributed by atoms with E-state index in [4.69, 9.17) is 0 Å². The number of nitrogens with zero attached hydrogens (tertiary/aromatic N) is 2. The number of allylic oxidation sites excluding steroid dienone is 2. The summed E-state index contributed by atoms with van der Waals surface area (Å²) in [6, 6.07) is 2.71. The van der Waals surface area contributed by atoms with E-state index >= 15 is 0 Å². The van der Waals surface area contributed by atoms with Crippen LogP contribution < -0.4 is 0 Å². The molecule has 1 fully saturated rings. The zero-order chi connectivity index (χ0) is 14.6. The standard InChI is InChI=1S/C16H32N2Si/c1-13-11-19(12-14(13)2)17(15(3,4)5)9-10-18(19)16(6,7)8/h9-12H2,1-8H3.